The summed E-state index contributed by atoms with van der Waals surface area (Å²) in [4.78, 5) is 12.7. The zero-order valence-electron chi connectivity index (χ0n) is 14.3. The number of thiocarbonyl (C=S) groups is 1. The van der Waals surface area contributed by atoms with Crippen LogP contribution >= 0.6 is 28.1 Å². The maximum absolute atomic E-state index is 12.7. The molecule has 0 bridgehead atoms. The zero-order chi connectivity index (χ0) is 18.7. The summed E-state index contributed by atoms with van der Waals surface area (Å²) in [6, 6.07) is 17.3. The van der Waals surface area contributed by atoms with Gasteiger partial charge in [0.2, 0.25) is 0 Å². The zero-order valence-corrected chi connectivity index (χ0v) is 16.7. The summed E-state index contributed by atoms with van der Waals surface area (Å²) in [6.45, 7) is 1.99. The van der Waals surface area contributed by atoms with Gasteiger partial charge in [-0.15, -0.1) is 0 Å². The summed E-state index contributed by atoms with van der Waals surface area (Å²) in [6.07, 6.45) is 0. The lowest BCUT2D eigenvalue weighted by molar-refractivity contribution is 0.0975. The van der Waals surface area contributed by atoms with Crippen LogP contribution < -0.4 is 15.4 Å². The van der Waals surface area contributed by atoms with Gasteiger partial charge >= 0.3 is 0 Å². The summed E-state index contributed by atoms with van der Waals surface area (Å²) >= 11 is 8.80. The average Bonchev–Trinajstić information content (AvgIpc) is 2.61. The highest BCUT2D eigenvalue weighted by Crippen LogP contribution is 2.36. The van der Waals surface area contributed by atoms with Crippen molar-refractivity contribution in [2.24, 2.45) is 0 Å². The summed E-state index contributed by atoms with van der Waals surface area (Å²) in [7, 11) is 1.54. The number of carbonyl (C=O) groups excluding carboxylic acids is 1. The molecule has 26 heavy (non-hydrogen) atoms. The minimum Gasteiger partial charge on any atom is -0.495 e. The van der Waals surface area contributed by atoms with Crippen LogP contribution in [0.25, 0.3) is 10.8 Å². The Morgan fingerprint density at radius 1 is 1.12 bits per heavy atom. The van der Waals surface area contributed by atoms with E-state index in [0.717, 1.165) is 26.5 Å². The Labute approximate surface area is 165 Å². The molecule has 3 aromatic carbocycles. The van der Waals surface area contributed by atoms with Gasteiger partial charge in [0.25, 0.3) is 5.91 Å². The molecule has 0 fully saturated rings. The molecule has 6 heteroatoms. The number of halogens is 1. The van der Waals surface area contributed by atoms with Crippen LogP contribution in [0, 0.1) is 6.92 Å². The predicted octanol–water partition coefficient (Wildman–Crippen LogP) is 5.05. The minimum absolute atomic E-state index is 0.229. The number of nitrogens with one attached hydrogen (secondary N) is 2. The Kier molecular flexibility index (Phi) is 5.54. The number of aryl methyl sites for hydroxylation is 1. The molecule has 0 radical (unpaired) electrons. The first-order valence-electron chi connectivity index (χ1n) is 7.94. The lowest BCUT2D eigenvalue weighted by atomic mass is 10.1. The second-order valence-electron chi connectivity index (χ2n) is 5.77. The van der Waals surface area contributed by atoms with E-state index >= 15 is 0 Å². The van der Waals surface area contributed by atoms with Crippen molar-refractivity contribution in [1.82, 2.24) is 5.32 Å². The van der Waals surface area contributed by atoms with Crippen LogP contribution in [0.2, 0.25) is 0 Å². The Morgan fingerprint density at radius 3 is 2.62 bits per heavy atom. The number of amides is 1. The summed E-state index contributed by atoms with van der Waals surface area (Å²) in [5, 5.41) is 7.87. The second-order valence-corrected chi connectivity index (χ2v) is 6.97. The van der Waals surface area contributed by atoms with Crippen molar-refractivity contribution in [1.29, 1.82) is 0 Å². The van der Waals surface area contributed by atoms with E-state index in [1.165, 1.54) is 7.11 Å². The first-order valence-corrected chi connectivity index (χ1v) is 9.14. The molecule has 0 aromatic heterocycles. The number of ether oxygens (including phenoxy) is 1. The largest absolute Gasteiger partial charge is 0.495 e. The molecule has 0 unspecified atom stereocenters. The molecule has 0 atom stereocenters. The van der Waals surface area contributed by atoms with Crippen LogP contribution in [-0.2, 0) is 0 Å². The molecule has 0 aliphatic carbocycles. The molecule has 1 amide bonds. The van der Waals surface area contributed by atoms with Crippen molar-refractivity contribution in [3.05, 3.63) is 70.2 Å². The SMILES string of the molecule is COc1c(C(=O)NC(=S)Nc2cccc(C)c2)cc2ccccc2c1Br. The van der Waals surface area contributed by atoms with Crippen LogP contribution in [0.4, 0.5) is 5.69 Å². The van der Waals surface area contributed by atoms with E-state index in [9.17, 15) is 4.79 Å². The van der Waals surface area contributed by atoms with Gasteiger partial charge in [-0.2, -0.15) is 0 Å². The summed E-state index contributed by atoms with van der Waals surface area (Å²) < 4.78 is 6.19. The van der Waals surface area contributed by atoms with Crippen molar-refractivity contribution in [3.63, 3.8) is 0 Å². The average molecular weight is 429 g/mol. The van der Waals surface area contributed by atoms with Crippen molar-refractivity contribution in [3.8, 4) is 5.75 Å². The van der Waals surface area contributed by atoms with Crippen molar-refractivity contribution >= 4 is 55.6 Å². The number of benzene rings is 3. The number of hydrogen-bond donors (Lipinski definition) is 2. The molecule has 0 heterocycles. The van der Waals surface area contributed by atoms with Crippen LogP contribution in [0.3, 0.4) is 0 Å². The highest BCUT2D eigenvalue weighted by atomic mass is 79.9. The fourth-order valence-corrected chi connectivity index (χ4v) is 3.66. The first-order chi connectivity index (χ1) is 12.5. The number of hydrogen-bond acceptors (Lipinski definition) is 3. The molecule has 4 nitrogen and oxygen atoms in total. The smallest absolute Gasteiger partial charge is 0.261 e. The number of carbonyl (C=O) groups is 1. The molecule has 3 rings (SSSR count). The normalized spacial score (nSPS) is 10.4. The third-order valence-electron chi connectivity index (χ3n) is 3.89. The van der Waals surface area contributed by atoms with Crippen LogP contribution in [-0.4, -0.2) is 18.1 Å². The van der Waals surface area contributed by atoms with Gasteiger partial charge < -0.3 is 10.1 Å². The van der Waals surface area contributed by atoms with Gasteiger partial charge in [-0.3, -0.25) is 10.1 Å². The molecule has 0 aliphatic heterocycles. The first kappa shape index (κ1) is 18.4. The number of methoxy groups -OCH3 is 1. The number of fused-ring (bicyclic) bond motifs is 1. The van der Waals surface area contributed by atoms with Crippen LogP contribution in [0.1, 0.15) is 15.9 Å². The number of anilines is 1. The van der Waals surface area contributed by atoms with E-state index in [1.807, 2.05) is 55.5 Å². The van der Waals surface area contributed by atoms with E-state index in [4.69, 9.17) is 17.0 Å². The molecule has 0 aliphatic rings. The lowest BCUT2D eigenvalue weighted by Crippen LogP contribution is -2.34. The molecule has 2 N–H and O–H groups in total. The summed E-state index contributed by atoms with van der Waals surface area (Å²) in [5.74, 6) is 0.137. The maximum Gasteiger partial charge on any atom is 0.261 e. The Bertz CT molecular complexity index is 1000. The standard InChI is InChI=1S/C20H17BrN2O2S/c1-12-6-5-8-14(10-12)22-20(26)23-19(24)16-11-13-7-3-4-9-15(13)17(21)18(16)25-2/h3-11H,1-2H3,(H2,22,23,24,26). The minimum atomic E-state index is -0.335. The van der Waals surface area contributed by atoms with Gasteiger partial charge in [0.1, 0.15) is 5.75 Å². The Balaban J connectivity index is 1.86. The monoisotopic (exact) mass is 428 g/mol. The fraction of sp³-hybridized carbons (Fsp3) is 0.100. The molecular formula is C20H17BrN2O2S. The predicted molar refractivity (Wildman–Crippen MR) is 113 cm³/mol. The van der Waals surface area contributed by atoms with E-state index in [-0.39, 0.29) is 11.0 Å². The molecule has 3 aromatic rings. The van der Waals surface area contributed by atoms with Gasteiger partial charge in [-0.25, -0.2) is 0 Å². The fourth-order valence-electron chi connectivity index (χ4n) is 2.71. The lowest BCUT2D eigenvalue weighted by Gasteiger charge is -2.14. The Hall–Kier alpha value is -2.44. The van der Waals surface area contributed by atoms with E-state index in [2.05, 4.69) is 26.6 Å². The van der Waals surface area contributed by atoms with E-state index in [0.29, 0.717) is 11.3 Å². The van der Waals surface area contributed by atoms with E-state index in [1.54, 1.807) is 6.07 Å². The Morgan fingerprint density at radius 2 is 1.88 bits per heavy atom. The molecule has 0 saturated heterocycles. The van der Waals surface area contributed by atoms with Gasteiger partial charge in [0.15, 0.2) is 5.11 Å². The maximum atomic E-state index is 12.7. The van der Waals surface area contributed by atoms with Crippen molar-refractivity contribution in [2.75, 3.05) is 12.4 Å². The summed E-state index contributed by atoms with van der Waals surface area (Å²) in [5.41, 5.74) is 2.33. The van der Waals surface area contributed by atoms with Gasteiger partial charge in [0, 0.05) is 5.69 Å². The highest BCUT2D eigenvalue weighted by Gasteiger charge is 2.19. The third kappa shape index (κ3) is 3.86. The van der Waals surface area contributed by atoms with Crippen LogP contribution in [0.15, 0.2) is 59.1 Å². The second kappa shape index (κ2) is 7.85. The van der Waals surface area contributed by atoms with Crippen molar-refractivity contribution < 1.29 is 9.53 Å². The topological polar surface area (TPSA) is 50.4 Å². The number of rotatable bonds is 3. The molecular weight excluding hydrogens is 412 g/mol. The third-order valence-corrected chi connectivity index (χ3v) is 4.88. The van der Waals surface area contributed by atoms with Gasteiger partial charge in [0.05, 0.1) is 17.1 Å². The quantitative estimate of drug-likeness (QED) is 0.573. The van der Waals surface area contributed by atoms with Gasteiger partial charge in [-0.1, -0.05) is 36.4 Å². The molecule has 132 valence electrons. The van der Waals surface area contributed by atoms with Crippen LogP contribution in [0.5, 0.6) is 5.75 Å². The molecule has 0 saturated carbocycles. The van der Waals surface area contributed by atoms with Crippen molar-refractivity contribution in [2.45, 2.75) is 6.92 Å². The van der Waals surface area contributed by atoms with E-state index < -0.39 is 0 Å². The highest BCUT2D eigenvalue weighted by molar-refractivity contribution is 9.10. The molecule has 0 spiro atoms. The van der Waals surface area contributed by atoms with Gasteiger partial charge in [-0.05, 0) is 69.6 Å².